The largest absolute Gasteiger partial charge is 0.478 e. The van der Waals surface area contributed by atoms with Crippen LogP contribution in [0, 0.1) is 5.92 Å². The molecule has 0 bridgehead atoms. The molecule has 1 amide bonds. The SMILES string of the molecule is CC1CCCCN(C(=O)c2ccc(-n3ncc(C(=O)O)c3C(F)(F)F)cc2)C1. The average Bonchev–Trinajstić information content (AvgIpc) is 2.99. The Kier molecular flexibility index (Phi) is 5.44. The molecule has 1 unspecified atom stereocenters. The number of likely N-dealkylation sites (tertiary alicyclic amines) is 1. The van der Waals surface area contributed by atoms with E-state index in [1.165, 1.54) is 24.3 Å². The van der Waals surface area contributed by atoms with Gasteiger partial charge in [-0.1, -0.05) is 13.3 Å². The number of carbonyl (C=O) groups excluding carboxylic acids is 1. The van der Waals surface area contributed by atoms with Crippen LogP contribution in [0.3, 0.4) is 0 Å². The summed E-state index contributed by atoms with van der Waals surface area (Å²) < 4.78 is 40.5. The molecule has 0 aliphatic carbocycles. The molecule has 1 N–H and O–H groups in total. The first kappa shape index (κ1) is 19.9. The van der Waals surface area contributed by atoms with Crippen LogP contribution in [0.5, 0.6) is 0 Å². The summed E-state index contributed by atoms with van der Waals surface area (Å²) in [6.07, 6.45) is -1.17. The summed E-state index contributed by atoms with van der Waals surface area (Å²) in [7, 11) is 0. The second-order valence-electron chi connectivity index (χ2n) is 7.02. The number of amides is 1. The van der Waals surface area contributed by atoms with Crippen molar-refractivity contribution in [1.82, 2.24) is 14.7 Å². The Balaban J connectivity index is 1.89. The Hall–Kier alpha value is -2.84. The van der Waals surface area contributed by atoms with Gasteiger partial charge in [0, 0.05) is 18.7 Å². The number of carboxylic acids is 1. The third-order valence-corrected chi connectivity index (χ3v) is 4.82. The molecule has 0 saturated carbocycles. The van der Waals surface area contributed by atoms with E-state index in [0.717, 1.165) is 19.3 Å². The molecular weight excluding hydrogens is 375 g/mol. The minimum atomic E-state index is -4.89. The zero-order valence-electron chi connectivity index (χ0n) is 15.2. The molecule has 1 aromatic carbocycles. The lowest BCUT2D eigenvalue weighted by Gasteiger charge is -2.23. The monoisotopic (exact) mass is 395 g/mol. The normalized spacial score (nSPS) is 18.0. The first-order valence-electron chi connectivity index (χ1n) is 8.96. The van der Waals surface area contributed by atoms with Gasteiger partial charge in [-0.3, -0.25) is 4.79 Å². The van der Waals surface area contributed by atoms with Crippen LogP contribution < -0.4 is 0 Å². The summed E-state index contributed by atoms with van der Waals surface area (Å²) in [6.45, 7) is 3.40. The van der Waals surface area contributed by atoms with Crippen LogP contribution in [0.1, 0.15) is 52.6 Å². The number of aromatic carboxylic acids is 1. The fourth-order valence-electron chi connectivity index (χ4n) is 3.44. The van der Waals surface area contributed by atoms with Gasteiger partial charge >= 0.3 is 12.1 Å². The number of hydrogen-bond acceptors (Lipinski definition) is 3. The molecule has 0 spiro atoms. The number of carboxylic acid groups (broad SMARTS) is 1. The standard InChI is InChI=1S/C19H20F3N3O3/c1-12-4-2-3-9-24(11-12)17(26)13-5-7-14(8-6-13)25-16(19(20,21)22)15(10-23-25)18(27)28/h5-8,10,12H,2-4,9,11H2,1H3,(H,27,28). The Labute approximate surface area is 159 Å². The summed E-state index contributed by atoms with van der Waals surface area (Å²) in [5.41, 5.74) is -1.88. The summed E-state index contributed by atoms with van der Waals surface area (Å²) in [6, 6.07) is 5.55. The maximum absolute atomic E-state index is 13.3. The van der Waals surface area contributed by atoms with Gasteiger partial charge in [-0.25, -0.2) is 9.48 Å². The number of benzene rings is 1. The lowest BCUT2D eigenvalue weighted by Crippen LogP contribution is -2.34. The van der Waals surface area contributed by atoms with E-state index in [-0.39, 0.29) is 11.6 Å². The minimum Gasteiger partial charge on any atom is -0.478 e. The van der Waals surface area contributed by atoms with Gasteiger partial charge in [0.15, 0.2) is 5.69 Å². The highest BCUT2D eigenvalue weighted by Crippen LogP contribution is 2.33. The van der Waals surface area contributed by atoms with E-state index in [1.54, 1.807) is 4.90 Å². The van der Waals surface area contributed by atoms with Crippen molar-refractivity contribution in [2.24, 2.45) is 5.92 Å². The lowest BCUT2D eigenvalue weighted by molar-refractivity contribution is -0.143. The molecule has 2 aromatic rings. The zero-order valence-corrected chi connectivity index (χ0v) is 15.2. The van der Waals surface area contributed by atoms with Crippen LogP contribution in [-0.4, -0.2) is 44.8 Å². The summed E-state index contributed by atoms with van der Waals surface area (Å²) in [5.74, 6) is -1.47. The van der Waals surface area contributed by atoms with Crippen molar-refractivity contribution in [3.63, 3.8) is 0 Å². The maximum Gasteiger partial charge on any atom is 0.434 e. The molecule has 28 heavy (non-hydrogen) atoms. The Morgan fingerprint density at radius 2 is 1.86 bits per heavy atom. The van der Waals surface area contributed by atoms with Gasteiger partial charge in [0.05, 0.1) is 11.9 Å². The molecular formula is C19H20F3N3O3. The van der Waals surface area contributed by atoms with Gasteiger partial charge in [-0.05, 0) is 43.0 Å². The summed E-state index contributed by atoms with van der Waals surface area (Å²) in [5, 5.41) is 12.6. The van der Waals surface area contributed by atoms with Crippen molar-refractivity contribution in [2.45, 2.75) is 32.4 Å². The van der Waals surface area contributed by atoms with E-state index in [4.69, 9.17) is 5.11 Å². The van der Waals surface area contributed by atoms with Crippen molar-refractivity contribution in [3.8, 4) is 5.69 Å². The van der Waals surface area contributed by atoms with E-state index < -0.39 is 23.4 Å². The second-order valence-corrected chi connectivity index (χ2v) is 7.02. The van der Waals surface area contributed by atoms with Crippen LogP contribution in [0.4, 0.5) is 13.2 Å². The van der Waals surface area contributed by atoms with Gasteiger partial charge in [0.25, 0.3) is 5.91 Å². The van der Waals surface area contributed by atoms with E-state index >= 15 is 0 Å². The van der Waals surface area contributed by atoms with Crippen LogP contribution in [-0.2, 0) is 6.18 Å². The molecule has 1 aromatic heterocycles. The first-order valence-corrected chi connectivity index (χ1v) is 8.96. The fourth-order valence-corrected chi connectivity index (χ4v) is 3.44. The fraction of sp³-hybridized carbons (Fsp3) is 0.421. The Morgan fingerprint density at radius 1 is 1.18 bits per heavy atom. The molecule has 3 rings (SSSR count). The van der Waals surface area contributed by atoms with E-state index in [1.807, 2.05) is 0 Å². The van der Waals surface area contributed by atoms with E-state index in [0.29, 0.717) is 35.4 Å². The van der Waals surface area contributed by atoms with Crippen LogP contribution in [0.2, 0.25) is 0 Å². The number of alkyl halides is 3. The molecule has 150 valence electrons. The van der Waals surface area contributed by atoms with Gasteiger partial charge in [-0.2, -0.15) is 18.3 Å². The van der Waals surface area contributed by atoms with E-state index in [2.05, 4.69) is 12.0 Å². The topological polar surface area (TPSA) is 75.4 Å². The highest BCUT2D eigenvalue weighted by Gasteiger charge is 2.40. The van der Waals surface area contributed by atoms with Gasteiger partial charge in [-0.15, -0.1) is 0 Å². The number of aromatic nitrogens is 2. The molecule has 9 heteroatoms. The van der Waals surface area contributed by atoms with Crippen molar-refractivity contribution < 1.29 is 27.9 Å². The zero-order chi connectivity index (χ0) is 20.5. The predicted molar refractivity (Wildman–Crippen MR) is 94.4 cm³/mol. The smallest absolute Gasteiger partial charge is 0.434 e. The summed E-state index contributed by atoms with van der Waals surface area (Å²) in [4.78, 5) is 25.6. The second kappa shape index (κ2) is 7.65. The van der Waals surface area contributed by atoms with Crippen LogP contribution >= 0.6 is 0 Å². The van der Waals surface area contributed by atoms with Gasteiger partial charge in [0.2, 0.25) is 0 Å². The Bertz CT molecular complexity index is 875. The molecule has 1 fully saturated rings. The maximum atomic E-state index is 13.3. The quantitative estimate of drug-likeness (QED) is 0.857. The van der Waals surface area contributed by atoms with Gasteiger partial charge < -0.3 is 10.0 Å². The molecule has 1 atom stereocenters. The molecule has 6 nitrogen and oxygen atoms in total. The molecule has 1 saturated heterocycles. The van der Waals surface area contributed by atoms with E-state index in [9.17, 15) is 22.8 Å². The highest BCUT2D eigenvalue weighted by molar-refractivity contribution is 5.94. The van der Waals surface area contributed by atoms with Gasteiger partial charge in [0.1, 0.15) is 5.56 Å². The first-order chi connectivity index (χ1) is 13.2. The highest BCUT2D eigenvalue weighted by atomic mass is 19.4. The number of nitrogens with zero attached hydrogens (tertiary/aromatic N) is 3. The van der Waals surface area contributed by atoms with Crippen LogP contribution in [0.25, 0.3) is 5.69 Å². The minimum absolute atomic E-state index is 0.0283. The van der Waals surface area contributed by atoms with Crippen molar-refractivity contribution >= 4 is 11.9 Å². The molecule has 1 aliphatic rings. The van der Waals surface area contributed by atoms with Crippen LogP contribution in [0.15, 0.2) is 30.5 Å². The third kappa shape index (κ3) is 4.02. The van der Waals surface area contributed by atoms with Crippen molar-refractivity contribution in [3.05, 3.63) is 47.3 Å². The Morgan fingerprint density at radius 3 is 2.46 bits per heavy atom. The van der Waals surface area contributed by atoms with Crippen molar-refractivity contribution in [1.29, 1.82) is 0 Å². The molecule has 1 aliphatic heterocycles. The third-order valence-electron chi connectivity index (χ3n) is 4.82. The number of carbonyl (C=O) groups is 2. The average molecular weight is 395 g/mol. The van der Waals surface area contributed by atoms with Crippen molar-refractivity contribution in [2.75, 3.05) is 13.1 Å². The summed E-state index contributed by atoms with van der Waals surface area (Å²) >= 11 is 0. The lowest BCUT2D eigenvalue weighted by atomic mass is 10.1. The molecule has 2 heterocycles. The predicted octanol–water partition coefficient (Wildman–Crippen LogP) is 3.85. The number of rotatable bonds is 3. The number of hydrogen-bond donors (Lipinski definition) is 1. The molecule has 0 radical (unpaired) electrons. The number of halogens is 3.